The molecule has 4 rings (SSSR count). The molecule has 0 aromatic heterocycles. The third-order valence-corrected chi connectivity index (χ3v) is 8.69. The van der Waals surface area contributed by atoms with Crippen molar-refractivity contribution in [1.29, 1.82) is 0 Å². The number of fused-ring (bicyclic) bond motifs is 3. The number of unbranched alkanes of at least 4 members (excludes halogenated alkanes) is 4. The van der Waals surface area contributed by atoms with Gasteiger partial charge in [-0.3, -0.25) is 4.79 Å². The van der Waals surface area contributed by atoms with Crippen molar-refractivity contribution in [3.05, 3.63) is 0 Å². The van der Waals surface area contributed by atoms with Crippen LogP contribution in [0.25, 0.3) is 0 Å². The SMILES string of the molecule is CCCCCOC(=O)[C@H]1CC[C@H](C23CCC(CCCCC)(CC2)CC3)CC1. The second-order valence-corrected chi connectivity index (χ2v) is 10.2. The van der Waals surface area contributed by atoms with Crippen LogP contribution in [0.2, 0.25) is 0 Å². The second kappa shape index (κ2) is 9.79. The van der Waals surface area contributed by atoms with E-state index in [1.807, 2.05) is 0 Å². The summed E-state index contributed by atoms with van der Waals surface area (Å²) >= 11 is 0. The molecule has 2 nitrogen and oxygen atoms in total. The number of carbonyl (C=O) groups is 1. The van der Waals surface area contributed by atoms with Crippen LogP contribution in [0.3, 0.4) is 0 Å². The van der Waals surface area contributed by atoms with Crippen molar-refractivity contribution in [2.24, 2.45) is 22.7 Å². The summed E-state index contributed by atoms with van der Waals surface area (Å²) in [6.07, 6.45) is 22.8. The Morgan fingerprint density at radius 3 is 2.00 bits per heavy atom. The van der Waals surface area contributed by atoms with Gasteiger partial charge < -0.3 is 4.74 Å². The second-order valence-electron chi connectivity index (χ2n) is 10.2. The van der Waals surface area contributed by atoms with Crippen LogP contribution in [0.4, 0.5) is 0 Å². The zero-order valence-corrected chi connectivity index (χ0v) is 18.2. The summed E-state index contributed by atoms with van der Waals surface area (Å²) in [5, 5.41) is 0. The van der Waals surface area contributed by atoms with E-state index in [0.29, 0.717) is 12.0 Å². The highest BCUT2D eigenvalue weighted by molar-refractivity contribution is 5.72. The van der Waals surface area contributed by atoms with E-state index in [9.17, 15) is 4.79 Å². The van der Waals surface area contributed by atoms with Crippen LogP contribution in [0.1, 0.15) is 123 Å². The fraction of sp³-hybridized carbons (Fsp3) is 0.960. The van der Waals surface area contributed by atoms with E-state index >= 15 is 0 Å². The lowest BCUT2D eigenvalue weighted by molar-refractivity contribution is -0.151. The Labute approximate surface area is 168 Å². The maximum Gasteiger partial charge on any atom is 0.308 e. The van der Waals surface area contributed by atoms with Gasteiger partial charge in [0.05, 0.1) is 12.5 Å². The first-order valence-electron chi connectivity index (χ1n) is 12.3. The first kappa shape index (κ1) is 21.2. The van der Waals surface area contributed by atoms with E-state index < -0.39 is 0 Å². The molecule has 0 aromatic rings. The highest BCUT2D eigenvalue weighted by Gasteiger charge is 2.51. The quantitative estimate of drug-likeness (QED) is 0.292. The van der Waals surface area contributed by atoms with Crippen LogP contribution >= 0.6 is 0 Å². The summed E-state index contributed by atoms with van der Waals surface area (Å²) in [4.78, 5) is 12.3. The first-order chi connectivity index (χ1) is 13.1. The lowest BCUT2D eigenvalue weighted by atomic mass is 9.47. The molecule has 0 spiro atoms. The van der Waals surface area contributed by atoms with Gasteiger partial charge in [-0.25, -0.2) is 0 Å². The Hall–Kier alpha value is -0.530. The first-order valence-corrected chi connectivity index (χ1v) is 12.3. The van der Waals surface area contributed by atoms with Crippen molar-refractivity contribution < 1.29 is 9.53 Å². The van der Waals surface area contributed by atoms with Gasteiger partial charge in [-0.2, -0.15) is 0 Å². The van der Waals surface area contributed by atoms with Gasteiger partial charge in [-0.1, -0.05) is 46.0 Å². The molecule has 4 aliphatic rings. The Bertz CT molecular complexity index is 436. The summed E-state index contributed by atoms with van der Waals surface area (Å²) in [5.74, 6) is 1.18. The molecule has 4 fully saturated rings. The number of rotatable bonds is 10. The molecule has 0 radical (unpaired) electrons. The normalized spacial score (nSPS) is 35.9. The van der Waals surface area contributed by atoms with Gasteiger partial charge in [0, 0.05) is 0 Å². The molecule has 0 heterocycles. The Kier molecular flexibility index (Phi) is 7.68. The molecule has 2 heteroatoms. The molecule has 0 N–H and O–H groups in total. The summed E-state index contributed by atoms with van der Waals surface area (Å²) in [6, 6.07) is 0. The van der Waals surface area contributed by atoms with Gasteiger partial charge in [0.25, 0.3) is 0 Å². The highest BCUT2D eigenvalue weighted by atomic mass is 16.5. The van der Waals surface area contributed by atoms with Gasteiger partial charge in [0.2, 0.25) is 0 Å². The maximum absolute atomic E-state index is 12.3. The molecular weight excluding hydrogens is 332 g/mol. The largest absolute Gasteiger partial charge is 0.465 e. The molecule has 0 unspecified atom stereocenters. The predicted molar refractivity (Wildman–Crippen MR) is 113 cm³/mol. The number of esters is 1. The molecule has 0 aromatic carbocycles. The maximum atomic E-state index is 12.3. The number of ether oxygens (including phenoxy) is 1. The Morgan fingerprint density at radius 2 is 1.41 bits per heavy atom. The molecule has 27 heavy (non-hydrogen) atoms. The average Bonchev–Trinajstić information content (AvgIpc) is 2.73. The minimum atomic E-state index is 0.101. The van der Waals surface area contributed by atoms with Gasteiger partial charge in [0.1, 0.15) is 0 Å². The minimum absolute atomic E-state index is 0.101. The standard InChI is InChI=1S/C25H44O2/c1-3-5-7-13-24-14-17-25(18-15-24,19-16-24)22-11-9-21(10-12-22)23(26)27-20-8-6-4-2/h21-22H,3-20H2,1-2H3/t21-,22-,24?,25?. The Morgan fingerprint density at radius 1 is 0.815 bits per heavy atom. The van der Waals surface area contributed by atoms with Gasteiger partial charge in [-0.15, -0.1) is 0 Å². The molecule has 156 valence electrons. The summed E-state index contributed by atoms with van der Waals surface area (Å²) in [6.45, 7) is 5.15. The van der Waals surface area contributed by atoms with Crippen LogP contribution in [0.15, 0.2) is 0 Å². The number of hydrogen-bond donors (Lipinski definition) is 0. The molecule has 0 aliphatic heterocycles. The van der Waals surface area contributed by atoms with Crippen LogP contribution in [-0.4, -0.2) is 12.6 Å². The number of carbonyl (C=O) groups excluding carboxylic acids is 1. The Balaban J connectivity index is 1.42. The van der Waals surface area contributed by atoms with Crippen molar-refractivity contribution in [2.75, 3.05) is 6.61 Å². The molecule has 4 aliphatic carbocycles. The monoisotopic (exact) mass is 376 g/mol. The fourth-order valence-corrected chi connectivity index (χ4v) is 6.61. The zero-order valence-electron chi connectivity index (χ0n) is 18.2. The molecule has 0 amide bonds. The van der Waals surface area contributed by atoms with E-state index in [1.165, 1.54) is 89.9 Å². The summed E-state index contributed by atoms with van der Waals surface area (Å²) < 4.78 is 5.54. The third-order valence-electron chi connectivity index (χ3n) is 8.69. The van der Waals surface area contributed by atoms with E-state index in [-0.39, 0.29) is 11.9 Å². The van der Waals surface area contributed by atoms with Crippen molar-refractivity contribution in [3.8, 4) is 0 Å². The highest BCUT2D eigenvalue weighted by Crippen LogP contribution is 2.63. The van der Waals surface area contributed by atoms with E-state index in [4.69, 9.17) is 4.74 Å². The lowest BCUT2D eigenvalue weighted by Crippen LogP contribution is -2.46. The topological polar surface area (TPSA) is 26.3 Å². The average molecular weight is 377 g/mol. The van der Waals surface area contributed by atoms with E-state index in [1.54, 1.807) is 0 Å². The zero-order chi connectivity index (χ0) is 19.2. The smallest absolute Gasteiger partial charge is 0.308 e. The molecule has 4 saturated carbocycles. The van der Waals surface area contributed by atoms with Crippen LogP contribution in [-0.2, 0) is 9.53 Å². The summed E-state index contributed by atoms with van der Waals surface area (Å²) in [7, 11) is 0. The summed E-state index contributed by atoms with van der Waals surface area (Å²) in [5.41, 5.74) is 1.36. The predicted octanol–water partition coefficient (Wildman–Crippen LogP) is 7.45. The molecule has 0 saturated heterocycles. The lowest BCUT2D eigenvalue weighted by Gasteiger charge is -2.58. The van der Waals surface area contributed by atoms with E-state index in [0.717, 1.165) is 30.6 Å². The number of hydrogen-bond acceptors (Lipinski definition) is 2. The van der Waals surface area contributed by atoms with Crippen LogP contribution < -0.4 is 0 Å². The molecule has 0 atom stereocenters. The van der Waals surface area contributed by atoms with Gasteiger partial charge in [-0.05, 0) is 93.8 Å². The fourth-order valence-electron chi connectivity index (χ4n) is 6.61. The van der Waals surface area contributed by atoms with Crippen molar-refractivity contribution >= 4 is 5.97 Å². The molecular formula is C25H44O2. The van der Waals surface area contributed by atoms with Crippen LogP contribution in [0, 0.1) is 22.7 Å². The van der Waals surface area contributed by atoms with Crippen molar-refractivity contribution in [1.82, 2.24) is 0 Å². The van der Waals surface area contributed by atoms with Crippen molar-refractivity contribution in [2.45, 2.75) is 123 Å². The minimum Gasteiger partial charge on any atom is -0.465 e. The third kappa shape index (κ3) is 5.10. The van der Waals surface area contributed by atoms with Crippen molar-refractivity contribution in [3.63, 3.8) is 0 Å². The molecule has 2 bridgehead atoms. The van der Waals surface area contributed by atoms with E-state index in [2.05, 4.69) is 13.8 Å². The van der Waals surface area contributed by atoms with Gasteiger partial charge in [0.15, 0.2) is 0 Å². The van der Waals surface area contributed by atoms with Crippen LogP contribution in [0.5, 0.6) is 0 Å². The van der Waals surface area contributed by atoms with Gasteiger partial charge >= 0.3 is 5.97 Å².